The second-order valence-electron chi connectivity index (χ2n) is 10.9. The first-order valence-corrected chi connectivity index (χ1v) is 14.4. The molecule has 1 aliphatic heterocycles. The monoisotopic (exact) mass is 535 g/mol. The molecule has 8 aromatic rings. The number of aromatic nitrogens is 1. The van der Waals surface area contributed by atoms with Crippen molar-refractivity contribution in [2.45, 2.75) is 0 Å². The normalized spacial score (nSPS) is 12.0. The van der Waals surface area contributed by atoms with Crippen LogP contribution >= 0.6 is 0 Å². The summed E-state index contributed by atoms with van der Waals surface area (Å²) in [4.78, 5) is 0. The molecule has 1 aliphatic rings. The third-order valence-corrected chi connectivity index (χ3v) is 8.62. The maximum absolute atomic E-state index is 6.33. The van der Waals surface area contributed by atoms with Gasteiger partial charge < -0.3 is 9.30 Å². The van der Waals surface area contributed by atoms with Crippen LogP contribution < -0.4 is 4.74 Å². The molecule has 0 aliphatic carbocycles. The number of hydrogen-bond donors (Lipinski definition) is 0. The molecule has 9 rings (SSSR count). The molecule has 7 aromatic carbocycles. The molecule has 0 N–H and O–H groups in total. The second-order valence-corrected chi connectivity index (χ2v) is 10.9. The topological polar surface area (TPSA) is 14.2 Å². The first-order valence-electron chi connectivity index (χ1n) is 14.4. The summed E-state index contributed by atoms with van der Waals surface area (Å²) in [7, 11) is 0. The van der Waals surface area contributed by atoms with Gasteiger partial charge in [-0.1, -0.05) is 115 Å². The molecule has 2 heteroatoms. The van der Waals surface area contributed by atoms with E-state index in [1.54, 1.807) is 0 Å². The average Bonchev–Trinajstić information content (AvgIpc) is 3.40. The van der Waals surface area contributed by atoms with Crippen LogP contribution in [0, 0.1) is 0 Å². The molecular formula is C40H25NO. The third kappa shape index (κ3) is 3.33. The molecule has 0 saturated carbocycles. The zero-order valence-electron chi connectivity index (χ0n) is 22.8. The van der Waals surface area contributed by atoms with E-state index in [0.717, 1.165) is 17.1 Å². The van der Waals surface area contributed by atoms with E-state index >= 15 is 0 Å². The number of para-hydroxylation sites is 3. The maximum Gasteiger partial charge on any atom is 0.135 e. The number of fused-ring (bicyclic) bond motifs is 5. The van der Waals surface area contributed by atoms with Gasteiger partial charge >= 0.3 is 0 Å². The molecule has 0 amide bonds. The van der Waals surface area contributed by atoms with Crippen molar-refractivity contribution in [1.29, 1.82) is 0 Å². The zero-order valence-corrected chi connectivity index (χ0v) is 22.8. The molecule has 0 atom stereocenters. The highest BCUT2D eigenvalue weighted by Gasteiger charge is 2.21. The SMILES string of the molecule is c1ccc(-n2c3ccccc3c3c(-c4ccc(-c5ccc6c7c(cccc57)-c5ccccc5O6)cc4)cccc32)cc1. The third-order valence-electron chi connectivity index (χ3n) is 8.62. The summed E-state index contributed by atoms with van der Waals surface area (Å²) in [6.45, 7) is 0. The maximum atomic E-state index is 6.33. The van der Waals surface area contributed by atoms with Crippen LogP contribution in [0.4, 0.5) is 0 Å². The van der Waals surface area contributed by atoms with E-state index in [-0.39, 0.29) is 0 Å². The molecule has 2 heterocycles. The van der Waals surface area contributed by atoms with E-state index in [4.69, 9.17) is 4.74 Å². The highest BCUT2D eigenvalue weighted by molar-refractivity contribution is 6.16. The fraction of sp³-hybridized carbons (Fsp3) is 0. The van der Waals surface area contributed by atoms with E-state index < -0.39 is 0 Å². The Kier molecular flexibility index (Phi) is 4.93. The molecular weight excluding hydrogens is 510 g/mol. The predicted molar refractivity (Wildman–Crippen MR) is 175 cm³/mol. The van der Waals surface area contributed by atoms with Crippen molar-refractivity contribution in [2.75, 3.05) is 0 Å². The van der Waals surface area contributed by atoms with Gasteiger partial charge in [-0.2, -0.15) is 0 Å². The van der Waals surface area contributed by atoms with E-state index in [1.807, 2.05) is 12.1 Å². The van der Waals surface area contributed by atoms with Crippen molar-refractivity contribution in [3.8, 4) is 50.6 Å². The Labute approximate surface area is 243 Å². The van der Waals surface area contributed by atoms with E-state index in [2.05, 4.69) is 144 Å². The van der Waals surface area contributed by atoms with Crippen molar-refractivity contribution in [1.82, 2.24) is 4.57 Å². The first kappa shape index (κ1) is 23.1. The molecule has 1 aromatic heterocycles. The quantitative estimate of drug-likeness (QED) is 0.219. The standard InChI is InChI=1S/C40H25NO/c1-2-10-28(11-3-1)41-35-17-6-4-13-34(35)39-30(14-9-18-36(39)41)27-22-20-26(21-23-27)29-24-25-38-40-32(29)15-8-16-33(40)31-12-5-7-19-37(31)42-38/h1-25H. The highest BCUT2D eigenvalue weighted by atomic mass is 16.5. The lowest BCUT2D eigenvalue weighted by atomic mass is 9.90. The number of hydrogen-bond acceptors (Lipinski definition) is 1. The van der Waals surface area contributed by atoms with Gasteiger partial charge in [0.05, 0.1) is 11.0 Å². The Hall–Kier alpha value is -5.60. The van der Waals surface area contributed by atoms with Crippen molar-refractivity contribution >= 4 is 32.6 Å². The molecule has 0 radical (unpaired) electrons. The highest BCUT2D eigenvalue weighted by Crippen LogP contribution is 2.48. The molecule has 2 nitrogen and oxygen atoms in total. The second kappa shape index (κ2) is 8.95. The summed E-state index contributed by atoms with van der Waals surface area (Å²) in [5.41, 5.74) is 10.8. The average molecular weight is 536 g/mol. The van der Waals surface area contributed by atoms with Crippen LogP contribution in [0.15, 0.2) is 152 Å². The van der Waals surface area contributed by atoms with Gasteiger partial charge in [-0.05, 0) is 69.6 Å². The van der Waals surface area contributed by atoms with Gasteiger partial charge in [-0.3, -0.25) is 0 Å². The van der Waals surface area contributed by atoms with Crippen LogP contribution in [0.1, 0.15) is 0 Å². The Bertz CT molecular complexity index is 2310. The molecule has 0 bridgehead atoms. The van der Waals surface area contributed by atoms with Crippen LogP contribution in [-0.2, 0) is 0 Å². The lowest BCUT2D eigenvalue weighted by Crippen LogP contribution is -1.97. The van der Waals surface area contributed by atoms with Crippen LogP contribution in [0.25, 0.3) is 71.6 Å². The van der Waals surface area contributed by atoms with Crippen molar-refractivity contribution < 1.29 is 4.74 Å². The van der Waals surface area contributed by atoms with Gasteiger partial charge in [-0.15, -0.1) is 0 Å². The summed E-state index contributed by atoms with van der Waals surface area (Å²) < 4.78 is 8.70. The van der Waals surface area contributed by atoms with Gasteiger partial charge in [0, 0.05) is 27.4 Å². The minimum absolute atomic E-state index is 0.914. The van der Waals surface area contributed by atoms with Gasteiger partial charge in [-0.25, -0.2) is 0 Å². The first-order chi connectivity index (χ1) is 20.8. The summed E-state index contributed by atoms with van der Waals surface area (Å²) in [5.74, 6) is 1.83. The van der Waals surface area contributed by atoms with Crippen molar-refractivity contribution in [2.24, 2.45) is 0 Å². The van der Waals surface area contributed by atoms with Crippen molar-refractivity contribution in [3.63, 3.8) is 0 Å². The summed E-state index contributed by atoms with van der Waals surface area (Å²) in [5, 5.41) is 4.93. The molecule has 0 fully saturated rings. The van der Waals surface area contributed by atoms with Crippen LogP contribution in [0.5, 0.6) is 11.5 Å². The molecule has 0 unspecified atom stereocenters. The Balaban J connectivity index is 1.20. The molecule has 0 spiro atoms. The summed E-state index contributed by atoms with van der Waals surface area (Å²) in [6.07, 6.45) is 0. The summed E-state index contributed by atoms with van der Waals surface area (Å²) in [6, 6.07) is 54.2. The van der Waals surface area contributed by atoms with Crippen LogP contribution in [0.3, 0.4) is 0 Å². The lowest BCUT2D eigenvalue weighted by molar-refractivity contribution is 0.487. The predicted octanol–water partition coefficient (Wildman–Crippen LogP) is 11.0. The van der Waals surface area contributed by atoms with E-state index in [1.165, 1.54) is 66.1 Å². The smallest absolute Gasteiger partial charge is 0.135 e. The Morgan fingerprint density at radius 2 is 1.00 bits per heavy atom. The van der Waals surface area contributed by atoms with Crippen LogP contribution in [-0.4, -0.2) is 4.57 Å². The minimum Gasteiger partial charge on any atom is -0.456 e. The van der Waals surface area contributed by atoms with Gasteiger partial charge in [0.2, 0.25) is 0 Å². The Morgan fingerprint density at radius 3 is 1.88 bits per heavy atom. The largest absolute Gasteiger partial charge is 0.456 e. The Morgan fingerprint density at radius 1 is 0.357 bits per heavy atom. The summed E-state index contributed by atoms with van der Waals surface area (Å²) >= 11 is 0. The molecule has 42 heavy (non-hydrogen) atoms. The fourth-order valence-electron chi connectivity index (χ4n) is 6.78. The zero-order chi connectivity index (χ0) is 27.6. The fourth-order valence-corrected chi connectivity index (χ4v) is 6.78. The van der Waals surface area contributed by atoms with Gasteiger partial charge in [0.25, 0.3) is 0 Å². The number of ether oxygens (including phenoxy) is 1. The van der Waals surface area contributed by atoms with Crippen molar-refractivity contribution in [3.05, 3.63) is 152 Å². The lowest BCUT2D eigenvalue weighted by Gasteiger charge is -2.22. The molecule has 0 saturated heterocycles. The minimum atomic E-state index is 0.914. The number of nitrogens with zero attached hydrogens (tertiary/aromatic N) is 1. The number of rotatable bonds is 3. The van der Waals surface area contributed by atoms with E-state index in [0.29, 0.717) is 0 Å². The van der Waals surface area contributed by atoms with Gasteiger partial charge in [0.15, 0.2) is 0 Å². The number of benzene rings is 7. The van der Waals surface area contributed by atoms with E-state index in [9.17, 15) is 0 Å². The molecule has 196 valence electrons. The van der Waals surface area contributed by atoms with Crippen LogP contribution in [0.2, 0.25) is 0 Å². The van der Waals surface area contributed by atoms with Gasteiger partial charge in [0.1, 0.15) is 11.5 Å².